The molecule has 0 saturated carbocycles. The van der Waals surface area contributed by atoms with E-state index in [1.807, 2.05) is 63.2 Å². The molecule has 5 nitrogen and oxygen atoms in total. The Morgan fingerprint density at radius 1 is 1.19 bits per heavy atom. The summed E-state index contributed by atoms with van der Waals surface area (Å²) in [6.45, 7) is 5.80. The third kappa shape index (κ3) is 6.10. The zero-order chi connectivity index (χ0) is 20.0. The molecule has 0 bridgehead atoms. The van der Waals surface area contributed by atoms with E-state index in [4.69, 9.17) is 4.74 Å². The van der Waals surface area contributed by atoms with Gasteiger partial charge in [0, 0.05) is 10.9 Å². The SMILES string of the molecule is Cc1cc(OCC(=O)NC(Cc2ccccc2)C(=O)O)c(C(C)C)cc1Br. The predicted molar refractivity (Wildman–Crippen MR) is 108 cm³/mol. The minimum Gasteiger partial charge on any atom is -0.483 e. The number of carbonyl (C=O) groups is 2. The quantitative estimate of drug-likeness (QED) is 0.657. The highest BCUT2D eigenvalue weighted by atomic mass is 79.9. The fraction of sp³-hybridized carbons (Fsp3) is 0.333. The van der Waals surface area contributed by atoms with Crippen LogP contribution in [0.4, 0.5) is 0 Å². The maximum atomic E-state index is 12.2. The van der Waals surface area contributed by atoms with Crippen LogP contribution in [-0.2, 0) is 16.0 Å². The van der Waals surface area contributed by atoms with Crippen molar-refractivity contribution in [3.8, 4) is 5.75 Å². The minimum absolute atomic E-state index is 0.219. The van der Waals surface area contributed by atoms with Crippen LogP contribution in [0.2, 0.25) is 0 Å². The summed E-state index contributed by atoms with van der Waals surface area (Å²) in [5, 5.41) is 11.9. The second-order valence-corrected chi connectivity index (χ2v) is 7.58. The van der Waals surface area contributed by atoms with Gasteiger partial charge in [-0.25, -0.2) is 4.79 Å². The number of halogens is 1. The van der Waals surface area contributed by atoms with Crippen LogP contribution in [0, 0.1) is 6.92 Å². The Bertz CT molecular complexity index is 805. The van der Waals surface area contributed by atoms with E-state index in [9.17, 15) is 14.7 Å². The number of hydrogen-bond donors (Lipinski definition) is 2. The Balaban J connectivity index is 2.02. The lowest BCUT2D eigenvalue weighted by Crippen LogP contribution is -2.44. The number of carboxylic acids is 1. The van der Waals surface area contributed by atoms with Crippen LogP contribution in [0.1, 0.15) is 36.5 Å². The molecule has 6 heteroatoms. The van der Waals surface area contributed by atoms with E-state index in [0.717, 1.165) is 21.2 Å². The summed E-state index contributed by atoms with van der Waals surface area (Å²) in [7, 11) is 0. The van der Waals surface area contributed by atoms with Gasteiger partial charge in [0.25, 0.3) is 5.91 Å². The summed E-state index contributed by atoms with van der Waals surface area (Å²) in [4.78, 5) is 23.7. The molecule has 0 aromatic heterocycles. The Morgan fingerprint density at radius 3 is 2.44 bits per heavy atom. The van der Waals surface area contributed by atoms with Crippen molar-refractivity contribution < 1.29 is 19.4 Å². The second kappa shape index (κ2) is 9.55. The van der Waals surface area contributed by atoms with Crippen molar-refractivity contribution in [2.24, 2.45) is 0 Å². The zero-order valence-electron chi connectivity index (χ0n) is 15.7. The fourth-order valence-corrected chi connectivity index (χ4v) is 3.04. The van der Waals surface area contributed by atoms with Crippen LogP contribution in [0.25, 0.3) is 0 Å². The number of ether oxygens (including phenoxy) is 1. The van der Waals surface area contributed by atoms with Crippen molar-refractivity contribution in [2.45, 2.75) is 39.2 Å². The van der Waals surface area contributed by atoms with Crippen molar-refractivity contribution >= 4 is 27.8 Å². The van der Waals surface area contributed by atoms with E-state index < -0.39 is 17.9 Å². The number of rotatable bonds is 8. The maximum absolute atomic E-state index is 12.2. The molecule has 1 atom stereocenters. The van der Waals surface area contributed by atoms with E-state index in [2.05, 4.69) is 21.2 Å². The number of aliphatic carboxylic acids is 1. The molecule has 1 unspecified atom stereocenters. The number of nitrogens with one attached hydrogen (secondary N) is 1. The first-order chi connectivity index (χ1) is 12.8. The molecule has 0 fully saturated rings. The molecule has 0 aliphatic carbocycles. The van der Waals surface area contributed by atoms with Crippen molar-refractivity contribution in [2.75, 3.05) is 6.61 Å². The smallest absolute Gasteiger partial charge is 0.326 e. The Kier molecular flexibility index (Phi) is 7.42. The van der Waals surface area contributed by atoms with Crippen LogP contribution < -0.4 is 10.1 Å². The molecule has 0 radical (unpaired) electrons. The molecule has 0 heterocycles. The normalized spacial score (nSPS) is 11.9. The molecular weight excluding hydrogens is 410 g/mol. The van der Waals surface area contributed by atoms with Gasteiger partial charge in [-0.05, 0) is 41.7 Å². The average molecular weight is 434 g/mol. The van der Waals surface area contributed by atoms with E-state index in [0.29, 0.717) is 5.75 Å². The monoisotopic (exact) mass is 433 g/mol. The molecule has 27 heavy (non-hydrogen) atoms. The zero-order valence-corrected chi connectivity index (χ0v) is 17.2. The summed E-state index contributed by atoms with van der Waals surface area (Å²) < 4.78 is 6.68. The summed E-state index contributed by atoms with van der Waals surface area (Å²) >= 11 is 3.51. The van der Waals surface area contributed by atoms with Gasteiger partial charge in [-0.3, -0.25) is 4.79 Å². The highest BCUT2D eigenvalue weighted by Gasteiger charge is 2.21. The number of aryl methyl sites for hydroxylation is 1. The van der Waals surface area contributed by atoms with E-state index in [-0.39, 0.29) is 18.9 Å². The minimum atomic E-state index is -1.07. The highest BCUT2D eigenvalue weighted by molar-refractivity contribution is 9.10. The van der Waals surface area contributed by atoms with Gasteiger partial charge in [-0.2, -0.15) is 0 Å². The third-order valence-electron chi connectivity index (χ3n) is 4.19. The van der Waals surface area contributed by atoms with Crippen molar-refractivity contribution in [1.29, 1.82) is 0 Å². The highest BCUT2D eigenvalue weighted by Crippen LogP contribution is 2.32. The summed E-state index contributed by atoms with van der Waals surface area (Å²) in [5.74, 6) is -0.677. The molecule has 144 valence electrons. The van der Waals surface area contributed by atoms with Crippen molar-refractivity contribution in [3.63, 3.8) is 0 Å². The first-order valence-electron chi connectivity index (χ1n) is 8.77. The lowest BCUT2D eigenvalue weighted by atomic mass is 10.0. The number of hydrogen-bond acceptors (Lipinski definition) is 3. The first kappa shape index (κ1) is 21.0. The number of amides is 1. The molecule has 0 aliphatic heterocycles. The largest absolute Gasteiger partial charge is 0.483 e. The van der Waals surface area contributed by atoms with Crippen molar-refractivity contribution in [1.82, 2.24) is 5.32 Å². The first-order valence-corrected chi connectivity index (χ1v) is 9.56. The molecule has 0 aliphatic rings. The van der Waals surface area contributed by atoms with Crippen LogP contribution in [0.3, 0.4) is 0 Å². The van der Waals surface area contributed by atoms with Gasteiger partial charge in [0.15, 0.2) is 6.61 Å². The number of benzene rings is 2. The standard InChI is InChI=1S/C21H24BrNO4/c1-13(2)16-11-17(22)14(3)9-19(16)27-12-20(24)23-18(21(25)26)10-15-7-5-4-6-8-15/h4-9,11,13,18H,10,12H2,1-3H3,(H,23,24)(H,25,26). The fourth-order valence-electron chi connectivity index (χ4n) is 2.68. The second-order valence-electron chi connectivity index (χ2n) is 6.73. The van der Waals surface area contributed by atoms with Gasteiger partial charge in [-0.1, -0.05) is 60.1 Å². The Labute approximate surface area is 167 Å². The lowest BCUT2D eigenvalue weighted by molar-refractivity contribution is -0.142. The average Bonchev–Trinajstić information content (AvgIpc) is 2.62. The van der Waals surface area contributed by atoms with Gasteiger partial charge in [0.05, 0.1) is 0 Å². The maximum Gasteiger partial charge on any atom is 0.326 e. The molecule has 2 aromatic carbocycles. The van der Waals surface area contributed by atoms with Gasteiger partial charge >= 0.3 is 5.97 Å². The van der Waals surface area contributed by atoms with Crippen LogP contribution in [0.15, 0.2) is 46.9 Å². The lowest BCUT2D eigenvalue weighted by Gasteiger charge is -2.18. The molecule has 2 aromatic rings. The summed E-state index contributed by atoms with van der Waals surface area (Å²) in [6.07, 6.45) is 0.219. The van der Waals surface area contributed by atoms with E-state index in [1.54, 1.807) is 0 Å². The molecule has 0 saturated heterocycles. The molecule has 1 amide bonds. The molecule has 0 spiro atoms. The van der Waals surface area contributed by atoms with Gasteiger partial charge in [0.1, 0.15) is 11.8 Å². The molecule has 2 rings (SSSR count). The summed E-state index contributed by atoms with van der Waals surface area (Å²) in [5.41, 5.74) is 2.83. The van der Waals surface area contributed by atoms with E-state index in [1.165, 1.54) is 0 Å². The van der Waals surface area contributed by atoms with Gasteiger partial charge in [0.2, 0.25) is 0 Å². The van der Waals surface area contributed by atoms with Crippen LogP contribution in [-0.4, -0.2) is 29.6 Å². The van der Waals surface area contributed by atoms with Gasteiger partial charge < -0.3 is 15.2 Å². The Morgan fingerprint density at radius 2 is 1.85 bits per heavy atom. The molecule has 2 N–H and O–H groups in total. The van der Waals surface area contributed by atoms with Crippen LogP contribution in [0.5, 0.6) is 5.75 Å². The van der Waals surface area contributed by atoms with Crippen LogP contribution >= 0.6 is 15.9 Å². The van der Waals surface area contributed by atoms with E-state index >= 15 is 0 Å². The number of carboxylic acid groups (broad SMARTS) is 1. The topological polar surface area (TPSA) is 75.6 Å². The molecular formula is C21H24BrNO4. The predicted octanol–water partition coefficient (Wildman–Crippen LogP) is 4.07. The third-order valence-corrected chi connectivity index (χ3v) is 5.04. The number of carbonyl (C=O) groups excluding carboxylic acids is 1. The van der Waals surface area contributed by atoms with Gasteiger partial charge in [-0.15, -0.1) is 0 Å². The Hall–Kier alpha value is -2.34. The summed E-state index contributed by atoms with van der Waals surface area (Å²) in [6, 6.07) is 12.1. The van der Waals surface area contributed by atoms with Crippen molar-refractivity contribution in [3.05, 3.63) is 63.6 Å².